The number of rotatable bonds is 6. The fourth-order valence-corrected chi connectivity index (χ4v) is 2.65. The van der Waals surface area contributed by atoms with Gasteiger partial charge in [0.2, 0.25) is 0 Å². The maximum atomic E-state index is 10.3. The summed E-state index contributed by atoms with van der Waals surface area (Å²) in [5.41, 5.74) is 7.27. The van der Waals surface area contributed by atoms with Gasteiger partial charge in [-0.1, -0.05) is 44.2 Å². The van der Waals surface area contributed by atoms with Gasteiger partial charge in [-0.3, -0.25) is 0 Å². The molecule has 2 atom stereocenters. The number of fused-ring (bicyclic) bond motifs is 1. The Hall–Kier alpha value is -1.29. The predicted molar refractivity (Wildman–Crippen MR) is 94.8 cm³/mol. The van der Waals surface area contributed by atoms with Crippen molar-refractivity contribution in [3.8, 4) is 5.75 Å². The minimum Gasteiger partial charge on any atom is -0.496 e. The van der Waals surface area contributed by atoms with Crippen molar-refractivity contribution >= 4 is 23.2 Å². The fraction of sp³-hybridized carbons (Fsp3) is 0.444. The number of ether oxygens (including phenoxy) is 1. The Labute approximate surface area is 138 Å². The summed E-state index contributed by atoms with van der Waals surface area (Å²) in [6.45, 7) is 4.31. The molecule has 0 aliphatic rings. The lowest BCUT2D eigenvalue weighted by molar-refractivity contribution is 0.129. The number of aliphatic hydroxyl groups excluding tert-OH is 1. The second-order valence-electron chi connectivity index (χ2n) is 5.97. The highest BCUT2D eigenvalue weighted by atomic mass is 35.5. The zero-order valence-electron chi connectivity index (χ0n) is 13.5. The smallest absolute Gasteiger partial charge is 0.126 e. The van der Waals surface area contributed by atoms with E-state index in [1.165, 1.54) is 0 Å². The fourth-order valence-electron chi connectivity index (χ4n) is 2.65. The molecule has 4 heteroatoms. The van der Waals surface area contributed by atoms with Crippen LogP contribution in [0.4, 0.5) is 0 Å². The van der Waals surface area contributed by atoms with E-state index in [9.17, 15) is 5.11 Å². The summed E-state index contributed by atoms with van der Waals surface area (Å²) in [4.78, 5) is 0. The summed E-state index contributed by atoms with van der Waals surface area (Å²) in [5, 5.41) is 12.4. The van der Waals surface area contributed by atoms with Crippen LogP contribution in [0.15, 0.2) is 36.4 Å². The normalized spacial score (nSPS) is 13.7. The first-order valence-corrected chi connectivity index (χ1v) is 7.54. The molecule has 22 heavy (non-hydrogen) atoms. The Morgan fingerprint density at radius 3 is 2.27 bits per heavy atom. The zero-order chi connectivity index (χ0) is 15.4. The lowest BCUT2D eigenvalue weighted by Gasteiger charge is -2.22. The van der Waals surface area contributed by atoms with Crippen LogP contribution < -0.4 is 10.5 Å². The van der Waals surface area contributed by atoms with Crippen molar-refractivity contribution in [2.24, 2.45) is 11.7 Å². The third-order valence-electron chi connectivity index (χ3n) is 3.95. The van der Waals surface area contributed by atoms with Crippen LogP contribution in [-0.2, 0) is 0 Å². The summed E-state index contributed by atoms with van der Waals surface area (Å²) in [6, 6.07) is 11.5. The molecule has 0 saturated heterocycles. The Kier molecular flexibility index (Phi) is 7.14. The number of hydrogen-bond donors (Lipinski definition) is 2. The van der Waals surface area contributed by atoms with Crippen molar-refractivity contribution in [3.63, 3.8) is 0 Å². The van der Waals surface area contributed by atoms with Crippen LogP contribution in [0.1, 0.15) is 38.3 Å². The van der Waals surface area contributed by atoms with Crippen LogP contribution in [0.2, 0.25) is 0 Å². The van der Waals surface area contributed by atoms with Gasteiger partial charge in [-0.15, -0.1) is 12.4 Å². The van der Waals surface area contributed by atoms with Crippen LogP contribution in [0.25, 0.3) is 10.8 Å². The highest BCUT2D eigenvalue weighted by Crippen LogP contribution is 2.32. The Bertz CT molecular complexity index is 601. The number of nitrogens with two attached hydrogens (primary N) is 1. The molecule has 0 spiro atoms. The van der Waals surface area contributed by atoms with Gasteiger partial charge in [-0.25, -0.2) is 0 Å². The second kappa shape index (κ2) is 8.37. The topological polar surface area (TPSA) is 55.5 Å². The number of aliphatic hydroxyl groups is 1. The molecule has 2 rings (SSSR count). The van der Waals surface area contributed by atoms with Crippen LogP contribution in [-0.4, -0.2) is 18.3 Å². The Morgan fingerprint density at radius 1 is 1.05 bits per heavy atom. The molecule has 0 saturated carbocycles. The minimum atomic E-state index is -0.524. The lowest BCUT2D eigenvalue weighted by Crippen LogP contribution is -2.26. The van der Waals surface area contributed by atoms with E-state index in [4.69, 9.17) is 10.5 Å². The van der Waals surface area contributed by atoms with Crippen molar-refractivity contribution in [2.75, 3.05) is 7.11 Å². The molecule has 0 aromatic heterocycles. The first-order valence-electron chi connectivity index (χ1n) is 7.54. The largest absolute Gasteiger partial charge is 0.496 e. The van der Waals surface area contributed by atoms with E-state index in [2.05, 4.69) is 13.8 Å². The van der Waals surface area contributed by atoms with Crippen molar-refractivity contribution < 1.29 is 9.84 Å². The molecule has 122 valence electrons. The van der Waals surface area contributed by atoms with Gasteiger partial charge < -0.3 is 15.6 Å². The van der Waals surface area contributed by atoms with Gasteiger partial charge in [0.1, 0.15) is 5.75 Å². The quantitative estimate of drug-likeness (QED) is 0.842. The van der Waals surface area contributed by atoms with Gasteiger partial charge in [-0.05, 0) is 35.8 Å². The van der Waals surface area contributed by atoms with Crippen LogP contribution in [0, 0.1) is 5.92 Å². The molecule has 0 radical (unpaired) electrons. The van der Waals surface area contributed by atoms with Crippen LogP contribution >= 0.6 is 12.4 Å². The summed E-state index contributed by atoms with van der Waals surface area (Å²) in [5.74, 6) is 1.40. The van der Waals surface area contributed by atoms with E-state index in [0.29, 0.717) is 5.92 Å². The third-order valence-corrected chi connectivity index (χ3v) is 3.95. The molecule has 3 nitrogen and oxygen atoms in total. The SMILES string of the molecule is COc1ccc([C@H](N)[C@H](O)CCC(C)C)c2ccccc12.Cl. The number of hydrogen-bond acceptors (Lipinski definition) is 3. The molecule has 2 aromatic rings. The van der Waals surface area contributed by atoms with Crippen molar-refractivity contribution in [2.45, 2.75) is 38.8 Å². The Morgan fingerprint density at radius 2 is 1.68 bits per heavy atom. The molecule has 0 aliphatic heterocycles. The highest BCUT2D eigenvalue weighted by Gasteiger charge is 2.20. The maximum absolute atomic E-state index is 10.3. The molecule has 0 heterocycles. The van der Waals surface area contributed by atoms with Gasteiger partial charge in [0.15, 0.2) is 0 Å². The van der Waals surface area contributed by atoms with Gasteiger partial charge in [-0.2, -0.15) is 0 Å². The number of halogens is 1. The maximum Gasteiger partial charge on any atom is 0.126 e. The van der Waals surface area contributed by atoms with E-state index < -0.39 is 6.10 Å². The summed E-state index contributed by atoms with van der Waals surface area (Å²) < 4.78 is 5.40. The summed E-state index contributed by atoms with van der Waals surface area (Å²) in [6.07, 6.45) is 1.17. The summed E-state index contributed by atoms with van der Waals surface area (Å²) >= 11 is 0. The standard InChI is InChI=1S/C18H25NO2.ClH/c1-12(2)8-10-16(20)18(19)15-9-11-17(21-3)14-7-5-4-6-13(14)15;/h4-7,9,11-12,16,18,20H,8,10,19H2,1-3H3;1H/t16-,18+;/m1./s1. The Balaban J connectivity index is 0.00000242. The molecule has 2 aromatic carbocycles. The van der Waals surface area contributed by atoms with Gasteiger partial charge in [0.05, 0.1) is 19.3 Å². The zero-order valence-corrected chi connectivity index (χ0v) is 14.3. The van der Waals surface area contributed by atoms with E-state index in [1.807, 2.05) is 36.4 Å². The van der Waals surface area contributed by atoms with E-state index in [1.54, 1.807) is 7.11 Å². The molecule has 0 unspecified atom stereocenters. The van der Waals surface area contributed by atoms with E-state index >= 15 is 0 Å². The monoisotopic (exact) mass is 323 g/mol. The van der Waals surface area contributed by atoms with Crippen molar-refractivity contribution in [1.82, 2.24) is 0 Å². The predicted octanol–water partition coefficient (Wildman–Crippen LogP) is 4.07. The lowest BCUT2D eigenvalue weighted by atomic mass is 9.92. The highest BCUT2D eigenvalue weighted by molar-refractivity contribution is 5.91. The van der Waals surface area contributed by atoms with Gasteiger partial charge in [0.25, 0.3) is 0 Å². The number of methoxy groups -OCH3 is 1. The summed E-state index contributed by atoms with van der Waals surface area (Å²) in [7, 11) is 1.67. The number of benzene rings is 2. The van der Waals surface area contributed by atoms with Crippen LogP contribution in [0.5, 0.6) is 5.75 Å². The van der Waals surface area contributed by atoms with E-state index in [-0.39, 0.29) is 18.4 Å². The first kappa shape index (κ1) is 18.8. The molecular formula is C18H26ClNO2. The average molecular weight is 324 g/mol. The molecule has 3 N–H and O–H groups in total. The second-order valence-corrected chi connectivity index (χ2v) is 5.97. The van der Waals surface area contributed by atoms with Crippen LogP contribution in [0.3, 0.4) is 0 Å². The van der Waals surface area contributed by atoms with Gasteiger partial charge in [0, 0.05) is 5.39 Å². The molecule has 0 aliphatic carbocycles. The molecular weight excluding hydrogens is 298 g/mol. The van der Waals surface area contributed by atoms with Crippen molar-refractivity contribution in [1.29, 1.82) is 0 Å². The third kappa shape index (κ3) is 4.13. The van der Waals surface area contributed by atoms with Gasteiger partial charge >= 0.3 is 0 Å². The average Bonchev–Trinajstić information content (AvgIpc) is 2.50. The molecule has 0 fully saturated rings. The van der Waals surface area contributed by atoms with E-state index in [0.717, 1.165) is 34.9 Å². The molecule has 0 amide bonds. The minimum absolute atomic E-state index is 0. The molecule has 0 bridgehead atoms. The first-order chi connectivity index (χ1) is 10.0. The van der Waals surface area contributed by atoms with Crippen molar-refractivity contribution in [3.05, 3.63) is 42.0 Å².